The first-order valence-corrected chi connectivity index (χ1v) is 9.98. The van der Waals surface area contributed by atoms with Gasteiger partial charge in [-0.1, -0.05) is 23.2 Å². The zero-order valence-corrected chi connectivity index (χ0v) is 16.5. The van der Waals surface area contributed by atoms with Crippen molar-refractivity contribution in [1.82, 2.24) is 4.98 Å². The van der Waals surface area contributed by atoms with Crippen molar-refractivity contribution in [3.63, 3.8) is 0 Å². The SMILES string of the molecule is Cc1ccc2nc(Cl)c3cc(C(=O)Nc4ccc5c(c4)OCCO5)sc3c2c1. The second-order valence-corrected chi connectivity index (χ2v) is 8.00. The van der Waals surface area contributed by atoms with Gasteiger partial charge in [-0.05, 0) is 37.3 Å². The van der Waals surface area contributed by atoms with Gasteiger partial charge in [0.05, 0.1) is 10.4 Å². The van der Waals surface area contributed by atoms with Gasteiger partial charge < -0.3 is 14.8 Å². The summed E-state index contributed by atoms with van der Waals surface area (Å²) in [6, 6.07) is 13.2. The molecule has 2 aromatic heterocycles. The van der Waals surface area contributed by atoms with Crippen LogP contribution in [0.4, 0.5) is 5.69 Å². The van der Waals surface area contributed by atoms with Crippen LogP contribution in [-0.2, 0) is 0 Å². The minimum absolute atomic E-state index is 0.199. The molecule has 2 aromatic carbocycles. The monoisotopic (exact) mass is 410 g/mol. The number of fused-ring (bicyclic) bond motifs is 4. The highest BCUT2D eigenvalue weighted by Gasteiger charge is 2.17. The number of halogens is 1. The van der Waals surface area contributed by atoms with E-state index < -0.39 is 0 Å². The number of anilines is 1. The first kappa shape index (κ1) is 17.3. The van der Waals surface area contributed by atoms with Crippen molar-refractivity contribution in [1.29, 1.82) is 0 Å². The number of pyridine rings is 1. The molecule has 5 nitrogen and oxygen atoms in total. The summed E-state index contributed by atoms with van der Waals surface area (Å²) in [4.78, 5) is 17.9. The Bertz CT molecular complexity index is 1250. The summed E-state index contributed by atoms with van der Waals surface area (Å²) in [6.07, 6.45) is 0. The van der Waals surface area contributed by atoms with Crippen LogP contribution in [0.15, 0.2) is 42.5 Å². The summed E-state index contributed by atoms with van der Waals surface area (Å²) < 4.78 is 12.1. The molecule has 7 heteroatoms. The van der Waals surface area contributed by atoms with Gasteiger partial charge in [0.1, 0.15) is 18.4 Å². The number of rotatable bonds is 2. The molecule has 0 fully saturated rings. The van der Waals surface area contributed by atoms with E-state index >= 15 is 0 Å². The van der Waals surface area contributed by atoms with E-state index in [1.54, 1.807) is 24.3 Å². The molecule has 4 aromatic rings. The Labute approximate surface area is 169 Å². The lowest BCUT2D eigenvalue weighted by Crippen LogP contribution is -2.16. The average molecular weight is 411 g/mol. The maximum atomic E-state index is 12.8. The first-order valence-electron chi connectivity index (χ1n) is 8.79. The molecule has 0 spiro atoms. The molecule has 3 heterocycles. The quantitative estimate of drug-likeness (QED) is 0.447. The van der Waals surface area contributed by atoms with E-state index in [1.165, 1.54) is 11.3 Å². The Balaban J connectivity index is 1.52. The van der Waals surface area contributed by atoms with Crippen molar-refractivity contribution in [2.24, 2.45) is 0 Å². The maximum absolute atomic E-state index is 12.8. The predicted molar refractivity (Wildman–Crippen MR) is 112 cm³/mol. The van der Waals surface area contributed by atoms with E-state index in [0.29, 0.717) is 40.4 Å². The summed E-state index contributed by atoms with van der Waals surface area (Å²) in [7, 11) is 0. The number of carbonyl (C=O) groups is 1. The van der Waals surface area contributed by atoms with E-state index in [9.17, 15) is 4.79 Å². The van der Waals surface area contributed by atoms with Crippen LogP contribution in [0.5, 0.6) is 11.5 Å². The molecule has 0 unspecified atom stereocenters. The van der Waals surface area contributed by atoms with Gasteiger partial charge in [-0.25, -0.2) is 4.98 Å². The van der Waals surface area contributed by atoms with Crippen LogP contribution in [-0.4, -0.2) is 24.1 Å². The highest BCUT2D eigenvalue weighted by atomic mass is 35.5. The van der Waals surface area contributed by atoms with Gasteiger partial charge in [0.2, 0.25) is 0 Å². The molecule has 0 atom stereocenters. The lowest BCUT2D eigenvalue weighted by atomic mass is 10.1. The van der Waals surface area contributed by atoms with Crippen molar-refractivity contribution < 1.29 is 14.3 Å². The van der Waals surface area contributed by atoms with E-state index in [4.69, 9.17) is 21.1 Å². The lowest BCUT2D eigenvalue weighted by Gasteiger charge is -2.18. The minimum atomic E-state index is -0.199. The van der Waals surface area contributed by atoms with Crippen LogP contribution in [0.1, 0.15) is 15.2 Å². The van der Waals surface area contributed by atoms with Crippen LogP contribution in [0.3, 0.4) is 0 Å². The van der Waals surface area contributed by atoms with Gasteiger partial charge >= 0.3 is 0 Å². The van der Waals surface area contributed by atoms with Crippen molar-refractivity contribution in [2.45, 2.75) is 6.92 Å². The molecule has 1 N–H and O–H groups in total. The van der Waals surface area contributed by atoms with E-state index in [2.05, 4.69) is 16.4 Å². The summed E-state index contributed by atoms with van der Waals surface area (Å²) in [5.41, 5.74) is 2.61. The van der Waals surface area contributed by atoms with Gasteiger partial charge in [-0.2, -0.15) is 0 Å². The number of nitrogens with one attached hydrogen (secondary N) is 1. The second-order valence-electron chi connectivity index (χ2n) is 6.59. The molecule has 140 valence electrons. The summed E-state index contributed by atoms with van der Waals surface area (Å²) in [5.74, 6) is 1.12. The standard InChI is InChI=1S/C21H15ClN2O3S/c1-11-2-4-15-13(8-11)19-14(20(22)24-15)10-18(28-19)21(25)23-12-3-5-16-17(9-12)27-7-6-26-16/h2-5,8-10H,6-7H2,1H3,(H,23,25). The van der Waals surface area contributed by atoms with Crippen LogP contribution in [0, 0.1) is 6.92 Å². The van der Waals surface area contributed by atoms with Gasteiger partial charge in [0.15, 0.2) is 11.5 Å². The molecule has 0 aliphatic carbocycles. The lowest BCUT2D eigenvalue weighted by molar-refractivity contribution is 0.103. The third-order valence-electron chi connectivity index (χ3n) is 4.59. The molecule has 28 heavy (non-hydrogen) atoms. The molecular weight excluding hydrogens is 396 g/mol. The van der Waals surface area contributed by atoms with Gasteiger partial charge in [0.25, 0.3) is 5.91 Å². The molecular formula is C21H15ClN2O3S. The number of hydrogen-bond donors (Lipinski definition) is 1. The van der Waals surface area contributed by atoms with Gasteiger partial charge in [0, 0.05) is 27.2 Å². The third-order valence-corrected chi connectivity index (χ3v) is 6.05. The van der Waals surface area contributed by atoms with E-state index in [0.717, 1.165) is 26.6 Å². The number of aromatic nitrogens is 1. The van der Waals surface area contributed by atoms with Crippen LogP contribution in [0.2, 0.25) is 5.15 Å². The topological polar surface area (TPSA) is 60.5 Å². The van der Waals surface area contributed by atoms with Gasteiger partial charge in [-0.15, -0.1) is 11.3 Å². The van der Waals surface area contributed by atoms with Crippen LogP contribution >= 0.6 is 22.9 Å². The molecule has 1 amide bonds. The first-order chi connectivity index (χ1) is 13.6. The van der Waals surface area contributed by atoms with Gasteiger partial charge in [-0.3, -0.25) is 4.79 Å². The Morgan fingerprint density at radius 1 is 1.07 bits per heavy atom. The fourth-order valence-electron chi connectivity index (χ4n) is 3.27. The van der Waals surface area contributed by atoms with Crippen LogP contribution in [0.25, 0.3) is 21.0 Å². The molecule has 0 saturated carbocycles. The van der Waals surface area contributed by atoms with Crippen LogP contribution < -0.4 is 14.8 Å². The number of thiophene rings is 1. The number of nitrogens with zero attached hydrogens (tertiary/aromatic N) is 1. The predicted octanol–water partition coefficient (Wildman–Crippen LogP) is 5.43. The average Bonchev–Trinajstić information content (AvgIpc) is 3.15. The number of amides is 1. The van der Waals surface area contributed by atoms with Crippen molar-refractivity contribution in [2.75, 3.05) is 18.5 Å². The normalized spacial score (nSPS) is 13.1. The maximum Gasteiger partial charge on any atom is 0.265 e. The summed E-state index contributed by atoms with van der Waals surface area (Å²) in [5, 5.41) is 5.12. The molecule has 1 aliphatic heterocycles. The largest absolute Gasteiger partial charge is 0.486 e. The van der Waals surface area contributed by atoms with E-state index in [1.807, 2.05) is 19.1 Å². The zero-order chi connectivity index (χ0) is 19.3. The Hall–Kier alpha value is -2.83. The highest BCUT2D eigenvalue weighted by molar-refractivity contribution is 7.22. The smallest absolute Gasteiger partial charge is 0.265 e. The summed E-state index contributed by atoms with van der Waals surface area (Å²) in [6.45, 7) is 3.06. The zero-order valence-electron chi connectivity index (χ0n) is 14.9. The number of aryl methyl sites for hydroxylation is 1. The fraction of sp³-hybridized carbons (Fsp3) is 0.143. The van der Waals surface area contributed by atoms with Crippen molar-refractivity contribution in [3.05, 3.63) is 58.1 Å². The molecule has 5 rings (SSSR count). The molecule has 1 aliphatic rings. The van der Waals surface area contributed by atoms with Crippen molar-refractivity contribution >= 4 is 55.5 Å². The number of ether oxygens (including phenoxy) is 2. The highest BCUT2D eigenvalue weighted by Crippen LogP contribution is 2.37. The number of benzene rings is 2. The Kier molecular flexibility index (Phi) is 4.10. The molecule has 0 radical (unpaired) electrons. The Morgan fingerprint density at radius 2 is 1.89 bits per heavy atom. The van der Waals surface area contributed by atoms with E-state index in [-0.39, 0.29) is 5.91 Å². The second kappa shape index (κ2) is 6.65. The Morgan fingerprint density at radius 3 is 2.75 bits per heavy atom. The minimum Gasteiger partial charge on any atom is -0.486 e. The fourth-order valence-corrected chi connectivity index (χ4v) is 4.64. The number of carbonyl (C=O) groups excluding carboxylic acids is 1. The third kappa shape index (κ3) is 2.95. The molecule has 0 saturated heterocycles. The number of hydrogen-bond acceptors (Lipinski definition) is 5. The molecule has 0 bridgehead atoms. The van der Waals surface area contributed by atoms with Crippen molar-refractivity contribution in [3.8, 4) is 11.5 Å². The summed E-state index contributed by atoms with van der Waals surface area (Å²) >= 11 is 7.78.